The van der Waals surface area contributed by atoms with Crippen molar-refractivity contribution < 1.29 is 9.59 Å². The number of benzene rings is 1. The molecule has 6 rings (SSSR count). The van der Waals surface area contributed by atoms with Gasteiger partial charge in [-0.05, 0) is 69.2 Å². The van der Waals surface area contributed by atoms with E-state index in [1.807, 2.05) is 29.2 Å². The molecule has 2 aromatic heterocycles. The van der Waals surface area contributed by atoms with E-state index in [-0.39, 0.29) is 23.9 Å². The first kappa shape index (κ1) is 23.0. The van der Waals surface area contributed by atoms with Crippen molar-refractivity contribution in [2.45, 2.75) is 69.9 Å². The minimum Gasteiger partial charge on any atom is -0.372 e. The second-order valence-electron chi connectivity index (χ2n) is 10.4. The highest BCUT2D eigenvalue weighted by Gasteiger charge is 2.33. The lowest BCUT2D eigenvalue weighted by atomic mass is 10.1. The number of likely N-dealkylation sites (tertiary alicyclic amines) is 1. The normalized spacial score (nSPS) is 20.8. The van der Waals surface area contributed by atoms with Crippen LogP contribution in [0.1, 0.15) is 90.2 Å². The molecule has 1 aromatic carbocycles. The molecule has 0 radical (unpaired) electrons. The fourth-order valence-corrected chi connectivity index (χ4v) is 6.13. The Morgan fingerprint density at radius 2 is 1.75 bits per heavy atom. The number of nitrogens with one attached hydrogen (secondary N) is 1. The minimum atomic E-state index is -0.115. The summed E-state index contributed by atoms with van der Waals surface area (Å²) in [6, 6.07) is 10.1. The topological polar surface area (TPSA) is 82.8 Å². The number of amides is 2. The van der Waals surface area contributed by atoms with Crippen molar-refractivity contribution >= 4 is 23.1 Å². The van der Waals surface area contributed by atoms with E-state index in [1.54, 1.807) is 16.9 Å². The molecule has 36 heavy (non-hydrogen) atoms. The largest absolute Gasteiger partial charge is 0.372 e. The summed E-state index contributed by atoms with van der Waals surface area (Å²) in [5.74, 6) is -0.0666. The Bertz CT molecular complexity index is 1260. The zero-order chi connectivity index (χ0) is 24.5. The second-order valence-corrected chi connectivity index (χ2v) is 10.4. The molecular weight excluding hydrogens is 452 g/mol. The lowest BCUT2D eigenvalue weighted by Crippen LogP contribution is -2.33. The minimum absolute atomic E-state index is 0.0488. The van der Waals surface area contributed by atoms with Crippen LogP contribution in [-0.2, 0) is 0 Å². The predicted molar refractivity (Wildman–Crippen MR) is 138 cm³/mol. The quantitative estimate of drug-likeness (QED) is 0.579. The number of rotatable bonds is 5. The molecule has 0 unspecified atom stereocenters. The average molecular weight is 487 g/mol. The summed E-state index contributed by atoms with van der Waals surface area (Å²) < 4.78 is 1.75. The molecule has 188 valence electrons. The molecule has 3 fully saturated rings. The van der Waals surface area contributed by atoms with Crippen LogP contribution in [0.15, 0.2) is 42.7 Å². The molecule has 0 spiro atoms. The number of aromatic nitrogens is 3. The highest BCUT2D eigenvalue weighted by atomic mass is 16.2. The van der Waals surface area contributed by atoms with Crippen molar-refractivity contribution in [3.05, 3.63) is 59.5 Å². The van der Waals surface area contributed by atoms with E-state index in [0.717, 1.165) is 68.6 Å². The standard InChI is InChI=1S/C28H34N6O2/c35-27(31-21-9-2-3-10-21)23-19-30-34-25(13-14-29-26(23)34)24-12-7-17-33(24)28(36)20-8-6-11-22(18-20)32-15-4-1-5-16-32/h6,8,11,13-14,18-19,21,24H,1-5,7,9-10,12,15-17H2,(H,31,35)/t24-/m1/s1. The van der Waals surface area contributed by atoms with E-state index in [4.69, 9.17) is 0 Å². The maximum atomic E-state index is 13.7. The molecule has 0 bridgehead atoms. The average Bonchev–Trinajstić information content (AvgIpc) is 3.69. The Morgan fingerprint density at radius 1 is 0.917 bits per heavy atom. The molecule has 2 saturated heterocycles. The van der Waals surface area contributed by atoms with Gasteiger partial charge in [-0.15, -0.1) is 0 Å². The monoisotopic (exact) mass is 486 g/mol. The molecule has 1 aliphatic carbocycles. The molecule has 3 aliphatic rings. The van der Waals surface area contributed by atoms with Gasteiger partial charge in [0.05, 0.1) is 17.9 Å². The van der Waals surface area contributed by atoms with Crippen LogP contribution < -0.4 is 10.2 Å². The van der Waals surface area contributed by atoms with Gasteiger partial charge >= 0.3 is 0 Å². The summed E-state index contributed by atoms with van der Waals surface area (Å²) in [6.07, 6.45) is 13.2. The van der Waals surface area contributed by atoms with Gasteiger partial charge in [0.2, 0.25) is 0 Å². The molecule has 1 N–H and O–H groups in total. The number of carbonyl (C=O) groups is 2. The highest BCUT2D eigenvalue weighted by molar-refractivity contribution is 6.00. The Balaban J connectivity index is 1.25. The molecule has 1 saturated carbocycles. The summed E-state index contributed by atoms with van der Waals surface area (Å²) >= 11 is 0. The zero-order valence-electron chi connectivity index (χ0n) is 20.7. The first-order chi connectivity index (χ1) is 17.7. The van der Waals surface area contributed by atoms with E-state index < -0.39 is 0 Å². The fourth-order valence-electron chi connectivity index (χ4n) is 6.13. The molecule has 2 amide bonds. The third-order valence-electron chi connectivity index (χ3n) is 8.03. The van der Waals surface area contributed by atoms with Crippen molar-refractivity contribution in [2.75, 3.05) is 24.5 Å². The smallest absolute Gasteiger partial charge is 0.256 e. The van der Waals surface area contributed by atoms with Gasteiger partial charge < -0.3 is 15.1 Å². The van der Waals surface area contributed by atoms with Crippen molar-refractivity contribution in [2.24, 2.45) is 0 Å². The van der Waals surface area contributed by atoms with Crippen LogP contribution in [0.5, 0.6) is 0 Å². The van der Waals surface area contributed by atoms with Gasteiger partial charge in [0.25, 0.3) is 11.8 Å². The van der Waals surface area contributed by atoms with E-state index in [9.17, 15) is 9.59 Å². The lowest BCUT2D eigenvalue weighted by molar-refractivity contribution is 0.0731. The number of fused-ring (bicyclic) bond motifs is 1. The van der Waals surface area contributed by atoms with Crippen LogP contribution in [0.4, 0.5) is 5.69 Å². The maximum Gasteiger partial charge on any atom is 0.256 e. The summed E-state index contributed by atoms with van der Waals surface area (Å²) in [5.41, 5.74) is 3.81. The van der Waals surface area contributed by atoms with Crippen molar-refractivity contribution in [1.29, 1.82) is 0 Å². The first-order valence-electron chi connectivity index (χ1n) is 13.5. The van der Waals surface area contributed by atoms with Gasteiger partial charge in [0, 0.05) is 43.1 Å². The fraction of sp³-hybridized carbons (Fsp3) is 0.500. The predicted octanol–water partition coefficient (Wildman–Crippen LogP) is 4.37. The first-order valence-corrected chi connectivity index (χ1v) is 13.5. The van der Waals surface area contributed by atoms with Crippen LogP contribution in [0, 0.1) is 0 Å². The van der Waals surface area contributed by atoms with Crippen LogP contribution in [-0.4, -0.2) is 57.0 Å². The summed E-state index contributed by atoms with van der Waals surface area (Å²) in [5, 5.41) is 7.69. The number of anilines is 1. The Kier molecular flexibility index (Phi) is 6.34. The number of carbonyl (C=O) groups excluding carboxylic acids is 2. The van der Waals surface area contributed by atoms with Crippen molar-refractivity contribution in [3.8, 4) is 0 Å². The SMILES string of the molecule is O=C(NC1CCCC1)c1cnn2c([C@H]3CCCN3C(=O)c3cccc(N4CCCCC4)c3)ccnc12. The molecule has 8 nitrogen and oxygen atoms in total. The van der Waals surface area contributed by atoms with Crippen LogP contribution in [0.3, 0.4) is 0 Å². The summed E-state index contributed by atoms with van der Waals surface area (Å²) in [6.45, 7) is 2.81. The van der Waals surface area contributed by atoms with Gasteiger partial charge in [-0.1, -0.05) is 18.9 Å². The molecule has 4 heterocycles. The van der Waals surface area contributed by atoms with Crippen molar-refractivity contribution in [1.82, 2.24) is 24.8 Å². The third-order valence-corrected chi connectivity index (χ3v) is 8.03. The zero-order valence-corrected chi connectivity index (χ0v) is 20.7. The van der Waals surface area contributed by atoms with Crippen LogP contribution in [0.2, 0.25) is 0 Å². The molecule has 3 aromatic rings. The summed E-state index contributed by atoms with van der Waals surface area (Å²) in [4.78, 5) is 35.5. The number of hydrogen-bond donors (Lipinski definition) is 1. The van der Waals surface area contributed by atoms with Gasteiger partial charge in [0.1, 0.15) is 5.56 Å². The van der Waals surface area contributed by atoms with Gasteiger partial charge in [-0.25, -0.2) is 9.50 Å². The number of hydrogen-bond acceptors (Lipinski definition) is 5. The van der Waals surface area contributed by atoms with E-state index in [2.05, 4.69) is 26.4 Å². The Labute approximate surface area is 211 Å². The number of nitrogens with zero attached hydrogens (tertiary/aromatic N) is 5. The second kappa shape index (κ2) is 9.91. The molecule has 8 heteroatoms. The molecular formula is C28H34N6O2. The van der Waals surface area contributed by atoms with Gasteiger partial charge in [-0.3, -0.25) is 9.59 Å². The molecule has 1 atom stereocenters. The Hall–Kier alpha value is -3.42. The van der Waals surface area contributed by atoms with Crippen molar-refractivity contribution in [3.63, 3.8) is 0 Å². The van der Waals surface area contributed by atoms with Gasteiger partial charge in [-0.2, -0.15) is 5.10 Å². The van der Waals surface area contributed by atoms with Crippen LogP contribution in [0.25, 0.3) is 5.65 Å². The lowest BCUT2D eigenvalue weighted by Gasteiger charge is -2.30. The summed E-state index contributed by atoms with van der Waals surface area (Å²) in [7, 11) is 0. The van der Waals surface area contributed by atoms with E-state index >= 15 is 0 Å². The van der Waals surface area contributed by atoms with E-state index in [0.29, 0.717) is 17.8 Å². The third kappa shape index (κ3) is 4.33. The molecule has 2 aliphatic heterocycles. The number of piperidine rings is 1. The van der Waals surface area contributed by atoms with Crippen LogP contribution >= 0.6 is 0 Å². The highest BCUT2D eigenvalue weighted by Crippen LogP contribution is 2.34. The Morgan fingerprint density at radius 3 is 2.58 bits per heavy atom. The van der Waals surface area contributed by atoms with Gasteiger partial charge in [0.15, 0.2) is 5.65 Å². The maximum absolute atomic E-state index is 13.7. The van der Waals surface area contributed by atoms with E-state index in [1.165, 1.54) is 19.3 Å².